The summed E-state index contributed by atoms with van der Waals surface area (Å²) in [5.41, 5.74) is 2.49. The Morgan fingerprint density at radius 1 is 1.30 bits per heavy atom. The number of benzene rings is 1. The van der Waals surface area contributed by atoms with Crippen LogP contribution in [0.5, 0.6) is 0 Å². The van der Waals surface area contributed by atoms with E-state index in [1.165, 1.54) is 0 Å². The van der Waals surface area contributed by atoms with E-state index in [4.69, 9.17) is 5.11 Å². The van der Waals surface area contributed by atoms with Crippen molar-refractivity contribution < 1.29 is 9.90 Å². The topological polar surface area (TPSA) is 49.3 Å². The van der Waals surface area contributed by atoms with Crippen LogP contribution in [-0.2, 0) is 0 Å². The van der Waals surface area contributed by atoms with Crippen LogP contribution in [0.3, 0.4) is 0 Å². The van der Waals surface area contributed by atoms with Gasteiger partial charge >= 0.3 is 0 Å². The van der Waals surface area contributed by atoms with Gasteiger partial charge in [0.1, 0.15) is 0 Å². The zero-order chi connectivity index (χ0) is 15.2. The monoisotopic (exact) mass is 273 g/mol. The number of aryl methyl sites for hydroxylation is 1. The van der Waals surface area contributed by atoms with Gasteiger partial charge in [-0.3, -0.25) is 4.79 Å². The highest BCUT2D eigenvalue weighted by atomic mass is 16.2. The Hall–Kier alpha value is -1.79. The first-order valence-electron chi connectivity index (χ1n) is 6.81. The highest BCUT2D eigenvalue weighted by Gasteiger charge is 2.13. The van der Waals surface area contributed by atoms with Crippen LogP contribution < -0.4 is 5.32 Å². The summed E-state index contributed by atoms with van der Waals surface area (Å²) >= 11 is 0. The van der Waals surface area contributed by atoms with Crippen molar-refractivity contribution in [1.82, 2.24) is 5.32 Å². The van der Waals surface area contributed by atoms with Gasteiger partial charge in [0.2, 0.25) is 0 Å². The Labute approximate surface area is 121 Å². The molecule has 1 rings (SSSR count). The molecule has 0 aliphatic heterocycles. The quantitative estimate of drug-likeness (QED) is 0.831. The number of aliphatic hydroxyl groups excluding tert-OH is 1. The van der Waals surface area contributed by atoms with E-state index in [1.807, 2.05) is 19.1 Å². The van der Waals surface area contributed by atoms with E-state index < -0.39 is 0 Å². The van der Waals surface area contributed by atoms with Gasteiger partial charge in [-0.2, -0.15) is 0 Å². The molecule has 0 spiro atoms. The molecule has 0 saturated carbocycles. The number of rotatable bonds is 3. The first kappa shape index (κ1) is 16.3. The molecule has 1 aromatic rings. The van der Waals surface area contributed by atoms with Crippen LogP contribution in [0.2, 0.25) is 0 Å². The third-order valence-electron chi connectivity index (χ3n) is 2.59. The number of carbonyl (C=O) groups excluding carboxylic acids is 1. The van der Waals surface area contributed by atoms with Crippen molar-refractivity contribution in [2.24, 2.45) is 5.41 Å². The summed E-state index contributed by atoms with van der Waals surface area (Å²) in [7, 11) is 0. The van der Waals surface area contributed by atoms with E-state index in [0.29, 0.717) is 18.5 Å². The van der Waals surface area contributed by atoms with E-state index >= 15 is 0 Å². The van der Waals surface area contributed by atoms with E-state index in [9.17, 15) is 4.79 Å². The lowest BCUT2D eigenvalue weighted by molar-refractivity contribution is 0.0939. The Balaban J connectivity index is 2.85. The molecule has 1 aromatic carbocycles. The highest BCUT2D eigenvalue weighted by molar-refractivity contribution is 5.94. The maximum Gasteiger partial charge on any atom is 0.251 e. The van der Waals surface area contributed by atoms with Crippen LogP contribution in [0.25, 0.3) is 0 Å². The van der Waals surface area contributed by atoms with Gasteiger partial charge < -0.3 is 10.4 Å². The van der Waals surface area contributed by atoms with Crippen LogP contribution >= 0.6 is 0 Å². The van der Waals surface area contributed by atoms with Crippen molar-refractivity contribution in [3.8, 4) is 11.8 Å². The molecule has 0 atom stereocenters. The van der Waals surface area contributed by atoms with Gasteiger partial charge in [-0.1, -0.05) is 32.6 Å². The molecule has 0 aliphatic rings. The summed E-state index contributed by atoms with van der Waals surface area (Å²) in [5.74, 6) is 5.76. The summed E-state index contributed by atoms with van der Waals surface area (Å²) < 4.78 is 0. The third-order valence-corrected chi connectivity index (χ3v) is 2.59. The van der Waals surface area contributed by atoms with Crippen molar-refractivity contribution in [2.45, 2.75) is 34.1 Å². The van der Waals surface area contributed by atoms with Crippen LogP contribution in [0.15, 0.2) is 18.2 Å². The number of hydrogen-bond acceptors (Lipinski definition) is 2. The average Bonchev–Trinajstić information content (AvgIpc) is 2.35. The molecule has 0 radical (unpaired) electrons. The number of hydrogen-bond donors (Lipinski definition) is 2. The number of nitrogens with one attached hydrogen (secondary N) is 1. The lowest BCUT2D eigenvalue weighted by Gasteiger charge is -2.18. The second-order valence-corrected chi connectivity index (χ2v) is 6.11. The molecule has 0 heterocycles. The third kappa shape index (κ3) is 5.90. The lowest BCUT2D eigenvalue weighted by Crippen LogP contribution is -2.32. The van der Waals surface area contributed by atoms with Crippen molar-refractivity contribution in [3.05, 3.63) is 34.9 Å². The van der Waals surface area contributed by atoms with Gasteiger partial charge in [0, 0.05) is 24.1 Å². The van der Waals surface area contributed by atoms with Gasteiger partial charge in [0.15, 0.2) is 0 Å². The van der Waals surface area contributed by atoms with Gasteiger partial charge in [-0.05, 0) is 36.1 Å². The van der Waals surface area contributed by atoms with Crippen molar-refractivity contribution in [2.75, 3.05) is 13.2 Å². The van der Waals surface area contributed by atoms with Crippen molar-refractivity contribution in [1.29, 1.82) is 0 Å². The summed E-state index contributed by atoms with van der Waals surface area (Å²) in [6, 6.07) is 5.58. The predicted molar refractivity (Wildman–Crippen MR) is 81.5 cm³/mol. The molecule has 108 valence electrons. The van der Waals surface area contributed by atoms with Crippen LogP contribution in [0.1, 0.15) is 48.7 Å². The van der Waals surface area contributed by atoms with Gasteiger partial charge in [0.25, 0.3) is 5.91 Å². The molecular weight excluding hydrogens is 250 g/mol. The molecule has 0 bridgehead atoms. The minimum absolute atomic E-state index is 0.0533. The second kappa shape index (κ2) is 7.12. The molecule has 1 amide bonds. The van der Waals surface area contributed by atoms with Crippen LogP contribution in [0.4, 0.5) is 0 Å². The SMILES string of the molecule is Cc1cc(C#CCCO)cc(C(=O)NCC(C)(C)C)c1. The lowest BCUT2D eigenvalue weighted by atomic mass is 9.96. The number of amides is 1. The Bertz CT molecular complexity index is 530. The molecular formula is C17H23NO2. The smallest absolute Gasteiger partial charge is 0.251 e. The number of carbonyl (C=O) groups is 1. The maximum absolute atomic E-state index is 12.1. The Morgan fingerprint density at radius 2 is 2.00 bits per heavy atom. The van der Waals surface area contributed by atoms with Crippen LogP contribution in [-0.4, -0.2) is 24.2 Å². The zero-order valence-electron chi connectivity index (χ0n) is 12.7. The van der Waals surface area contributed by atoms with Gasteiger partial charge in [-0.15, -0.1) is 0 Å². The fraction of sp³-hybridized carbons (Fsp3) is 0.471. The average molecular weight is 273 g/mol. The molecule has 20 heavy (non-hydrogen) atoms. The maximum atomic E-state index is 12.1. The minimum Gasteiger partial charge on any atom is -0.395 e. The first-order chi connectivity index (χ1) is 9.31. The molecule has 0 fully saturated rings. The summed E-state index contributed by atoms with van der Waals surface area (Å²) in [5, 5.41) is 11.7. The van der Waals surface area contributed by atoms with E-state index in [1.54, 1.807) is 6.07 Å². The van der Waals surface area contributed by atoms with E-state index in [2.05, 4.69) is 37.9 Å². The number of aliphatic hydroxyl groups is 1. The van der Waals surface area contributed by atoms with Crippen molar-refractivity contribution >= 4 is 5.91 Å². The standard InChI is InChI=1S/C17H23NO2/c1-13-9-14(7-5-6-8-19)11-15(10-13)16(20)18-12-17(2,3)4/h9-11,19H,6,8,12H2,1-4H3,(H,18,20). The van der Waals surface area contributed by atoms with Gasteiger partial charge in [-0.25, -0.2) is 0 Å². The molecule has 0 unspecified atom stereocenters. The largest absolute Gasteiger partial charge is 0.395 e. The Kier molecular flexibility index (Phi) is 5.79. The van der Waals surface area contributed by atoms with E-state index in [0.717, 1.165) is 11.1 Å². The second-order valence-electron chi connectivity index (χ2n) is 6.11. The normalized spacial score (nSPS) is 10.7. The summed E-state index contributed by atoms with van der Waals surface area (Å²) in [6.07, 6.45) is 0.444. The van der Waals surface area contributed by atoms with Crippen LogP contribution in [0, 0.1) is 24.2 Å². The fourth-order valence-electron chi connectivity index (χ4n) is 1.65. The fourth-order valence-corrected chi connectivity index (χ4v) is 1.65. The first-order valence-corrected chi connectivity index (χ1v) is 6.81. The highest BCUT2D eigenvalue weighted by Crippen LogP contribution is 2.12. The van der Waals surface area contributed by atoms with E-state index in [-0.39, 0.29) is 17.9 Å². The molecule has 0 aromatic heterocycles. The summed E-state index contributed by atoms with van der Waals surface area (Å²) in [4.78, 5) is 12.1. The Morgan fingerprint density at radius 3 is 2.60 bits per heavy atom. The molecule has 0 saturated heterocycles. The molecule has 2 N–H and O–H groups in total. The predicted octanol–water partition coefficient (Wildman–Crippen LogP) is 2.50. The minimum atomic E-state index is -0.0752. The van der Waals surface area contributed by atoms with Gasteiger partial charge in [0.05, 0.1) is 6.61 Å². The molecule has 0 aliphatic carbocycles. The molecule has 3 nitrogen and oxygen atoms in total. The van der Waals surface area contributed by atoms with Crippen molar-refractivity contribution in [3.63, 3.8) is 0 Å². The summed E-state index contributed by atoms with van der Waals surface area (Å²) in [6.45, 7) is 8.86. The zero-order valence-corrected chi connectivity index (χ0v) is 12.7. The molecule has 3 heteroatoms.